The highest BCUT2D eigenvalue weighted by molar-refractivity contribution is 6.48. The van der Waals surface area contributed by atoms with Crippen molar-refractivity contribution in [3.05, 3.63) is 50.0 Å². The van der Waals surface area contributed by atoms with E-state index in [-0.39, 0.29) is 11.4 Å². The molecule has 0 aliphatic rings. The number of hydrogen-bond donors (Lipinski definition) is 0. The minimum absolute atomic E-state index is 0.208. The van der Waals surface area contributed by atoms with E-state index in [0.29, 0.717) is 32.0 Å². The van der Waals surface area contributed by atoms with Gasteiger partial charge in [0.15, 0.2) is 0 Å². The number of halogens is 4. The van der Waals surface area contributed by atoms with Crippen LogP contribution >= 0.6 is 46.4 Å². The Morgan fingerprint density at radius 2 is 1.63 bits per heavy atom. The van der Waals surface area contributed by atoms with Crippen molar-refractivity contribution in [1.82, 2.24) is 4.98 Å². The van der Waals surface area contributed by atoms with Crippen molar-refractivity contribution in [1.29, 1.82) is 5.26 Å². The van der Waals surface area contributed by atoms with Gasteiger partial charge in [-0.3, -0.25) is 4.98 Å². The molecule has 0 bridgehead atoms. The molecule has 1 heterocycles. The number of hydrogen-bond acceptors (Lipinski definition) is 2. The molecule has 0 saturated carbocycles. The Morgan fingerprint density at radius 3 is 2.21 bits per heavy atom. The number of nitrogens with zero attached hydrogens (tertiary/aromatic N) is 2. The molecule has 0 saturated heterocycles. The standard InChI is InChI=1S/C13H6Cl4N2/c14-9-2-1-8(3-4-18)19-13(9)7-5-10(15)12(17)11(16)6-7/h1-2,5-6H,3H2. The molecule has 0 spiro atoms. The maximum absolute atomic E-state index is 8.69. The van der Waals surface area contributed by atoms with Gasteiger partial charge in [-0.05, 0) is 24.3 Å². The quantitative estimate of drug-likeness (QED) is 0.688. The van der Waals surface area contributed by atoms with E-state index in [1.54, 1.807) is 24.3 Å². The summed E-state index contributed by atoms with van der Waals surface area (Å²) >= 11 is 24.0. The Hall–Kier alpha value is -0.980. The summed E-state index contributed by atoms with van der Waals surface area (Å²) in [4.78, 5) is 4.33. The second kappa shape index (κ2) is 5.98. The second-order valence-corrected chi connectivity index (χ2v) is 5.32. The van der Waals surface area contributed by atoms with E-state index in [0.717, 1.165) is 0 Å². The Morgan fingerprint density at radius 1 is 1.00 bits per heavy atom. The van der Waals surface area contributed by atoms with Gasteiger partial charge < -0.3 is 0 Å². The van der Waals surface area contributed by atoms with Gasteiger partial charge in [-0.25, -0.2) is 0 Å². The lowest BCUT2D eigenvalue weighted by molar-refractivity contribution is 1.12. The van der Waals surface area contributed by atoms with Gasteiger partial charge >= 0.3 is 0 Å². The van der Waals surface area contributed by atoms with Gasteiger partial charge in [0.05, 0.1) is 44.0 Å². The Kier molecular flexibility index (Phi) is 4.54. The predicted octanol–water partition coefficient (Wildman–Crippen LogP) is 5.43. The van der Waals surface area contributed by atoms with E-state index in [1.165, 1.54) is 0 Å². The lowest BCUT2D eigenvalue weighted by atomic mass is 10.1. The highest BCUT2D eigenvalue weighted by atomic mass is 35.5. The molecular formula is C13H6Cl4N2. The minimum Gasteiger partial charge on any atom is -0.250 e. The first-order chi connectivity index (χ1) is 9.02. The fraction of sp³-hybridized carbons (Fsp3) is 0.0769. The molecule has 1 aromatic heterocycles. The molecule has 2 nitrogen and oxygen atoms in total. The molecule has 0 atom stereocenters. The molecule has 0 amide bonds. The highest BCUT2D eigenvalue weighted by Crippen LogP contribution is 2.36. The van der Waals surface area contributed by atoms with Gasteiger partial charge in [-0.1, -0.05) is 46.4 Å². The van der Waals surface area contributed by atoms with Crippen molar-refractivity contribution in [2.75, 3.05) is 0 Å². The summed E-state index contributed by atoms with van der Waals surface area (Å²) in [6, 6.07) is 8.70. The normalized spacial score (nSPS) is 10.3. The number of rotatable bonds is 2. The molecule has 1 aromatic carbocycles. The van der Waals surface area contributed by atoms with Gasteiger partial charge in [-0.15, -0.1) is 0 Å². The molecule has 96 valence electrons. The van der Waals surface area contributed by atoms with Crippen LogP contribution in [-0.2, 0) is 6.42 Å². The Balaban J connectivity index is 2.58. The smallest absolute Gasteiger partial charge is 0.0892 e. The Labute approximate surface area is 130 Å². The van der Waals surface area contributed by atoms with Crippen LogP contribution in [0.5, 0.6) is 0 Å². The molecule has 6 heteroatoms. The first-order valence-corrected chi connectivity index (χ1v) is 6.71. The average Bonchev–Trinajstić information content (AvgIpc) is 2.38. The number of pyridine rings is 1. The summed E-state index contributed by atoms with van der Waals surface area (Å²) in [5, 5.41) is 10.1. The van der Waals surface area contributed by atoms with Crippen molar-refractivity contribution >= 4 is 46.4 Å². The SMILES string of the molecule is N#CCc1ccc(Cl)c(-c2cc(Cl)c(Cl)c(Cl)c2)n1. The second-order valence-electron chi connectivity index (χ2n) is 3.72. The third kappa shape index (κ3) is 3.13. The van der Waals surface area contributed by atoms with E-state index in [4.69, 9.17) is 51.7 Å². The highest BCUT2D eigenvalue weighted by Gasteiger charge is 2.12. The van der Waals surface area contributed by atoms with Crippen LogP contribution in [-0.4, -0.2) is 4.98 Å². The lowest BCUT2D eigenvalue weighted by Crippen LogP contribution is -1.92. The van der Waals surface area contributed by atoms with E-state index >= 15 is 0 Å². The van der Waals surface area contributed by atoms with E-state index < -0.39 is 0 Å². The molecule has 0 aliphatic heterocycles. The number of aromatic nitrogens is 1. The lowest BCUT2D eigenvalue weighted by Gasteiger charge is -2.08. The van der Waals surface area contributed by atoms with Crippen molar-refractivity contribution < 1.29 is 0 Å². The zero-order valence-electron chi connectivity index (χ0n) is 9.42. The van der Waals surface area contributed by atoms with Gasteiger partial charge in [0.1, 0.15) is 0 Å². The van der Waals surface area contributed by atoms with Gasteiger partial charge in [0, 0.05) is 5.56 Å². The summed E-state index contributed by atoms with van der Waals surface area (Å²) in [6.45, 7) is 0. The minimum atomic E-state index is 0.208. The molecule has 0 radical (unpaired) electrons. The van der Waals surface area contributed by atoms with E-state index in [1.807, 2.05) is 6.07 Å². The fourth-order valence-electron chi connectivity index (χ4n) is 1.56. The van der Waals surface area contributed by atoms with E-state index in [9.17, 15) is 0 Å². The van der Waals surface area contributed by atoms with Crippen LogP contribution in [0.2, 0.25) is 20.1 Å². The van der Waals surface area contributed by atoms with Crippen LogP contribution in [0.3, 0.4) is 0 Å². The van der Waals surface area contributed by atoms with Crippen LogP contribution in [0.1, 0.15) is 5.69 Å². The summed E-state index contributed by atoms with van der Waals surface area (Å²) in [5.74, 6) is 0. The third-order valence-corrected chi connectivity index (χ3v) is 3.92. The summed E-state index contributed by atoms with van der Waals surface area (Å²) in [7, 11) is 0. The molecule has 0 aliphatic carbocycles. The van der Waals surface area contributed by atoms with Crippen LogP contribution in [0.4, 0.5) is 0 Å². The Bertz CT molecular complexity index is 654. The predicted molar refractivity (Wildman–Crippen MR) is 79.0 cm³/mol. The monoisotopic (exact) mass is 330 g/mol. The van der Waals surface area contributed by atoms with Gasteiger partial charge in [0.2, 0.25) is 0 Å². The first kappa shape index (κ1) is 14.4. The zero-order valence-corrected chi connectivity index (χ0v) is 12.4. The van der Waals surface area contributed by atoms with E-state index in [2.05, 4.69) is 4.98 Å². The van der Waals surface area contributed by atoms with Crippen molar-refractivity contribution in [3.63, 3.8) is 0 Å². The summed E-state index contributed by atoms with van der Waals surface area (Å²) < 4.78 is 0. The fourth-order valence-corrected chi connectivity index (χ4v) is 2.37. The molecule has 0 fully saturated rings. The molecule has 2 aromatic rings. The molecule has 0 N–H and O–H groups in total. The average molecular weight is 332 g/mol. The van der Waals surface area contributed by atoms with Crippen molar-refractivity contribution in [2.24, 2.45) is 0 Å². The van der Waals surface area contributed by atoms with Gasteiger partial charge in [-0.2, -0.15) is 5.26 Å². The molecule has 2 rings (SSSR count). The largest absolute Gasteiger partial charge is 0.250 e. The summed E-state index contributed by atoms with van der Waals surface area (Å²) in [5.41, 5.74) is 1.81. The summed E-state index contributed by atoms with van der Waals surface area (Å²) in [6.07, 6.45) is 0.208. The van der Waals surface area contributed by atoms with Crippen LogP contribution in [0.25, 0.3) is 11.3 Å². The van der Waals surface area contributed by atoms with Crippen LogP contribution in [0.15, 0.2) is 24.3 Å². The third-order valence-electron chi connectivity index (χ3n) is 2.42. The van der Waals surface area contributed by atoms with Crippen molar-refractivity contribution in [3.8, 4) is 17.3 Å². The topological polar surface area (TPSA) is 36.7 Å². The maximum Gasteiger partial charge on any atom is 0.0892 e. The van der Waals surface area contributed by atoms with Crippen LogP contribution in [0, 0.1) is 11.3 Å². The zero-order chi connectivity index (χ0) is 14.0. The number of benzene rings is 1. The van der Waals surface area contributed by atoms with Crippen LogP contribution < -0.4 is 0 Å². The van der Waals surface area contributed by atoms with Gasteiger partial charge in [0.25, 0.3) is 0 Å². The first-order valence-electron chi connectivity index (χ1n) is 5.20. The number of nitriles is 1. The maximum atomic E-state index is 8.69. The van der Waals surface area contributed by atoms with Crippen molar-refractivity contribution in [2.45, 2.75) is 6.42 Å². The molecule has 19 heavy (non-hydrogen) atoms. The molecule has 0 unspecified atom stereocenters. The molecular weight excluding hydrogens is 326 g/mol.